The van der Waals surface area contributed by atoms with Crippen LogP contribution in [0.25, 0.3) is 22.2 Å². The van der Waals surface area contributed by atoms with E-state index in [1.54, 1.807) is 13.4 Å². The van der Waals surface area contributed by atoms with Crippen molar-refractivity contribution in [3.05, 3.63) is 47.0 Å². The molecule has 0 amide bonds. The zero-order chi connectivity index (χ0) is 23.8. The number of aryl methyl sites for hydroxylation is 1. The molecule has 8 heteroatoms. The normalized spacial score (nSPS) is 21.7. The van der Waals surface area contributed by atoms with Crippen LogP contribution in [-0.2, 0) is 11.8 Å². The summed E-state index contributed by atoms with van der Waals surface area (Å²) < 4.78 is 7.02. The first-order valence-corrected chi connectivity index (χ1v) is 13.0. The van der Waals surface area contributed by atoms with Crippen LogP contribution in [0.4, 0.5) is 11.5 Å². The molecule has 5 heterocycles. The molecule has 8 nitrogen and oxygen atoms in total. The van der Waals surface area contributed by atoms with Crippen LogP contribution in [0, 0.1) is 0 Å². The molecule has 3 fully saturated rings. The van der Waals surface area contributed by atoms with Gasteiger partial charge in [0.1, 0.15) is 11.2 Å². The number of aromatic nitrogens is 3. The summed E-state index contributed by atoms with van der Waals surface area (Å²) in [6.07, 6.45) is 7.69. The van der Waals surface area contributed by atoms with Gasteiger partial charge in [-0.15, -0.1) is 0 Å². The number of rotatable bonds is 5. The number of fused-ring (bicyclic) bond motifs is 1. The van der Waals surface area contributed by atoms with Crippen molar-refractivity contribution in [2.24, 2.45) is 7.05 Å². The standard InChI is InChI=1S/C27H34N6O2/c1-31-18-28-24-16-23(30-26(25(24)27(31)34)29-20-10-15-35-17-20)19-4-6-21(7-5-19)33-13-8-22(9-14-33)32-11-2-3-12-32/h4-7,16,18,20,22H,2-3,8-15,17H2,1H3,(H,29,30)/t20-/m1/s1. The predicted molar refractivity (Wildman–Crippen MR) is 139 cm³/mol. The number of anilines is 2. The molecule has 0 bridgehead atoms. The van der Waals surface area contributed by atoms with E-state index in [2.05, 4.69) is 44.4 Å². The highest BCUT2D eigenvalue weighted by Gasteiger charge is 2.26. The van der Waals surface area contributed by atoms with Crippen LogP contribution in [0.5, 0.6) is 0 Å². The quantitative estimate of drug-likeness (QED) is 0.608. The first-order valence-electron chi connectivity index (χ1n) is 13.0. The van der Waals surface area contributed by atoms with E-state index < -0.39 is 0 Å². The predicted octanol–water partition coefficient (Wildman–Crippen LogP) is 3.26. The summed E-state index contributed by atoms with van der Waals surface area (Å²) in [5.74, 6) is 0.592. The van der Waals surface area contributed by atoms with Crippen molar-refractivity contribution < 1.29 is 4.74 Å². The van der Waals surface area contributed by atoms with E-state index in [9.17, 15) is 4.79 Å². The van der Waals surface area contributed by atoms with Crippen LogP contribution in [-0.4, -0.2) is 70.9 Å². The Balaban J connectivity index is 1.24. The SMILES string of the molecule is Cn1cnc2cc(-c3ccc(N4CCC(N5CCCC5)CC4)cc3)nc(N[C@@H]3CCOC3)c2c1=O. The maximum Gasteiger partial charge on any atom is 0.264 e. The lowest BCUT2D eigenvalue weighted by atomic mass is 10.0. The Bertz CT molecular complexity index is 1240. The average molecular weight is 475 g/mol. The van der Waals surface area contributed by atoms with Gasteiger partial charge in [-0.1, -0.05) is 12.1 Å². The van der Waals surface area contributed by atoms with Gasteiger partial charge in [0.15, 0.2) is 0 Å². The molecule has 0 aliphatic carbocycles. The molecule has 3 aromatic rings. The minimum absolute atomic E-state index is 0.0943. The number of hydrogen-bond donors (Lipinski definition) is 1. The number of likely N-dealkylation sites (tertiary alicyclic amines) is 1. The lowest BCUT2D eigenvalue weighted by molar-refractivity contribution is 0.195. The van der Waals surface area contributed by atoms with Gasteiger partial charge in [0.25, 0.3) is 5.56 Å². The van der Waals surface area contributed by atoms with Crippen LogP contribution in [0.15, 0.2) is 41.5 Å². The van der Waals surface area contributed by atoms with Gasteiger partial charge >= 0.3 is 0 Å². The second-order valence-electron chi connectivity index (χ2n) is 10.1. The van der Waals surface area contributed by atoms with Crippen LogP contribution in [0.2, 0.25) is 0 Å². The van der Waals surface area contributed by atoms with Gasteiger partial charge in [-0.05, 0) is 63.4 Å². The summed E-state index contributed by atoms with van der Waals surface area (Å²) in [6, 6.07) is 11.5. The summed E-state index contributed by atoms with van der Waals surface area (Å²) in [7, 11) is 1.72. The van der Waals surface area contributed by atoms with E-state index in [1.807, 2.05) is 6.07 Å². The average Bonchev–Trinajstić information content (AvgIpc) is 3.61. The number of nitrogens with one attached hydrogen (secondary N) is 1. The minimum atomic E-state index is -0.0943. The lowest BCUT2D eigenvalue weighted by Gasteiger charge is -2.37. The Kier molecular flexibility index (Phi) is 6.16. The van der Waals surface area contributed by atoms with Gasteiger partial charge in [-0.2, -0.15) is 0 Å². The van der Waals surface area contributed by atoms with Crippen molar-refractivity contribution in [2.75, 3.05) is 49.6 Å². The van der Waals surface area contributed by atoms with E-state index in [0.29, 0.717) is 23.3 Å². The lowest BCUT2D eigenvalue weighted by Crippen LogP contribution is -2.43. The fourth-order valence-corrected chi connectivity index (χ4v) is 5.75. The monoisotopic (exact) mass is 474 g/mol. The van der Waals surface area contributed by atoms with Crippen molar-refractivity contribution in [2.45, 2.75) is 44.2 Å². The highest BCUT2D eigenvalue weighted by molar-refractivity contribution is 5.91. The number of pyridine rings is 1. The summed E-state index contributed by atoms with van der Waals surface area (Å²) in [6.45, 7) is 6.13. The summed E-state index contributed by atoms with van der Waals surface area (Å²) in [5.41, 5.74) is 3.67. The molecule has 3 aliphatic heterocycles. The van der Waals surface area contributed by atoms with Gasteiger partial charge in [0.05, 0.1) is 30.2 Å². The van der Waals surface area contributed by atoms with Crippen LogP contribution in [0.1, 0.15) is 32.1 Å². The third kappa shape index (κ3) is 4.52. The van der Waals surface area contributed by atoms with E-state index in [0.717, 1.165) is 43.4 Å². The molecule has 0 spiro atoms. The van der Waals surface area contributed by atoms with Crippen molar-refractivity contribution in [3.8, 4) is 11.3 Å². The molecule has 0 radical (unpaired) electrons. The van der Waals surface area contributed by atoms with Gasteiger partial charge in [0, 0.05) is 44.0 Å². The third-order valence-electron chi connectivity index (χ3n) is 7.82. The Morgan fingerprint density at radius 1 is 1.03 bits per heavy atom. The van der Waals surface area contributed by atoms with Gasteiger partial charge in [0.2, 0.25) is 0 Å². The molecular weight excluding hydrogens is 440 g/mol. The van der Waals surface area contributed by atoms with Crippen LogP contribution < -0.4 is 15.8 Å². The highest BCUT2D eigenvalue weighted by Crippen LogP contribution is 2.29. The van der Waals surface area contributed by atoms with E-state index in [-0.39, 0.29) is 11.6 Å². The molecule has 1 atom stereocenters. The molecule has 1 aromatic carbocycles. The second kappa shape index (κ2) is 9.59. The topological polar surface area (TPSA) is 75.5 Å². The molecule has 1 N–H and O–H groups in total. The second-order valence-corrected chi connectivity index (χ2v) is 10.1. The van der Waals surface area contributed by atoms with Crippen LogP contribution in [0.3, 0.4) is 0 Å². The van der Waals surface area contributed by atoms with Gasteiger partial charge in [-0.25, -0.2) is 9.97 Å². The maximum absolute atomic E-state index is 12.9. The van der Waals surface area contributed by atoms with Gasteiger partial charge in [-0.3, -0.25) is 4.79 Å². The maximum atomic E-state index is 12.9. The van der Waals surface area contributed by atoms with E-state index in [4.69, 9.17) is 9.72 Å². The molecule has 35 heavy (non-hydrogen) atoms. The zero-order valence-corrected chi connectivity index (χ0v) is 20.4. The third-order valence-corrected chi connectivity index (χ3v) is 7.82. The molecule has 2 aromatic heterocycles. The molecule has 0 saturated carbocycles. The molecular formula is C27H34N6O2. The Morgan fingerprint density at radius 3 is 2.51 bits per heavy atom. The Hall–Kier alpha value is -2.97. The fourth-order valence-electron chi connectivity index (χ4n) is 5.75. The summed E-state index contributed by atoms with van der Waals surface area (Å²) in [5, 5.41) is 3.98. The molecule has 6 rings (SSSR count). The van der Waals surface area contributed by atoms with Crippen molar-refractivity contribution in [1.29, 1.82) is 0 Å². The first-order chi connectivity index (χ1) is 17.2. The number of benzene rings is 1. The summed E-state index contributed by atoms with van der Waals surface area (Å²) in [4.78, 5) is 27.5. The van der Waals surface area contributed by atoms with Crippen molar-refractivity contribution in [1.82, 2.24) is 19.4 Å². The highest BCUT2D eigenvalue weighted by atomic mass is 16.5. The fraction of sp³-hybridized carbons (Fsp3) is 0.519. The Labute approximate surface area is 205 Å². The molecule has 0 unspecified atom stereocenters. The molecule has 3 saturated heterocycles. The van der Waals surface area contributed by atoms with Crippen molar-refractivity contribution >= 4 is 22.4 Å². The van der Waals surface area contributed by atoms with E-state index in [1.165, 1.54) is 49.0 Å². The number of ether oxygens (including phenoxy) is 1. The molecule has 184 valence electrons. The number of nitrogens with zero attached hydrogens (tertiary/aromatic N) is 5. The van der Waals surface area contributed by atoms with Gasteiger partial charge < -0.3 is 24.4 Å². The van der Waals surface area contributed by atoms with E-state index >= 15 is 0 Å². The zero-order valence-electron chi connectivity index (χ0n) is 20.4. The minimum Gasteiger partial charge on any atom is -0.379 e. The summed E-state index contributed by atoms with van der Waals surface area (Å²) >= 11 is 0. The Morgan fingerprint density at radius 2 is 1.80 bits per heavy atom. The van der Waals surface area contributed by atoms with Crippen LogP contribution >= 0.6 is 0 Å². The first kappa shape index (κ1) is 22.5. The van der Waals surface area contributed by atoms with Crippen molar-refractivity contribution in [3.63, 3.8) is 0 Å². The molecule has 3 aliphatic rings. The number of hydrogen-bond acceptors (Lipinski definition) is 7. The number of piperidine rings is 1. The smallest absolute Gasteiger partial charge is 0.264 e. The largest absolute Gasteiger partial charge is 0.379 e.